The van der Waals surface area contributed by atoms with E-state index in [1.807, 2.05) is 25.1 Å². The average Bonchev–Trinajstić information content (AvgIpc) is 2.59. The van der Waals surface area contributed by atoms with E-state index in [1.165, 1.54) is 0 Å². The number of hydrogen-bond donors (Lipinski definition) is 1. The number of aryl methyl sites for hydroxylation is 2. The molecule has 0 amide bonds. The molecule has 1 aromatic heterocycles. The molecule has 0 unspecified atom stereocenters. The zero-order valence-corrected chi connectivity index (χ0v) is 9.27. The number of aldehydes is 1. The summed E-state index contributed by atoms with van der Waals surface area (Å²) in [5.74, 6) is 0. The van der Waals surface area contributed by atoms with Gasteiger partial charge in [-0.3, -0.25) is 0 Å². The van der Waals surface area contributed by atoms with Gasteiger partial charge in [-0.05, 0) is 31.0 Å². The lowest BCUT2D eigenvalue weighted by molar-refractivity contribution is -0.107. The van der Waals surface area contributed by atoms with Crippen LogP contribution in [0, 0.1) is 6.92 Å². The van der Waals surface area contributed by atoms with Crippen molar-refractivity contribution in [3.8, 4) is 0 Å². The molecule has 0 spiro atoms. The molecular formula is C12H12ClNO. The number of aromatic amines is 1. The largest absolute Gasteiger partial charge is 0.359 e. The number of rotatable bonds is 3. The molecule has 0 aliphatic heterocycles. The molecule has 1 heterocycles. The number of carbonyl (C=O) groups is 1. The molecule has 0 bridgehead atoms. The van der Waals surface area contributed by atoms with Crippen LogP contribution in [0.3, 0.4) is 0 Å². The van der Waals surface area contributed by atoms with Crippen molar-refractivity contribution in [2.24, 2.45) is 0 Å². The van der Waals surface area contributed by atoms with E-state index >= 15 is 0 Å². The van der Waals surface area contributed by atoms with Gasteiger partial charge in [0.25, 0.3) is 0 Å². The Balaban J connectivity index is 2.49. The first-order chi connectivity index (χ1) is 7.22. The Kier molecular flexibility index (Phi) is 2.78. The number of benzene rings is 1. The molecule has 78 valence electrons. The summed E-state index contributed by atoms with van der Waals surface area (Å²) in [5, 5.41) is 1.80. The van der Waals surface area contributed by atoms with E-state index in [1.54, 1.807) is 0 Å². The number of carbonyl (C=O) groups excluding carboxylic acids is 1. The lowest BCUT2D eigenvalue weighted by Crippen LogP contribution is -1.87. The second kappa shape index (κ2) is 4.07. The van der Waals surface area contributed by atoms with Crippen molar-refractivity contribution in [2.45, 2.75) is 19.8 Å². The normalized spacial score (nSPS) is 10.8. The Morgan fingerprint density at radius 3 is 3.00 bits per heavy atom. The number of hydrogen-bond acceptors (Lipinski definition) is 1. The van der Waals surface area contributed by atoms with Gasteiger partial charge < -0.3 is 9.78 Å². The van der Waals surface area contributed by atoms with Crippen LogP contribution in [0.4, 0.5) is 0 Å². The van der Waals surface area contributed by atoms with Crippen LogP contribution in [-0.4, -0.2) is 11.3 Å². The summed E-state index contributed by atoms with van der Waals surface area (Å²) in [6.07, 6.45) is 2.15. The first-order valence-electron chi connectivity index (χ1n) is 4.92. The summed E-state index contributed by atoms with van der Waals surface area (Å²) in [5.41, 5.74) is 3.18. The first-order valence-corrected chi connectivity index (χ1v) is 5.30. The number of halogens is 1. The van der Waals surface area contributed by atoms with Gasteiger partial charge in [0, 0.05) is 23.0 Å². The molecule has 1 N–H and O–H groups in total. The molecule has 15 heavy (non-hydrogen) atoms. The molecule has 0 fully saturated rings. The second-order valence-corrected chi connectivity index (χ2v) is 4.04. The highest BCUT2D eigenvalue weighted by molar-refractivity contribution is 6.36. The maximum atomic E-state index is 10.3. The van der Waals surface area contributed by atoms with Crippen LogP contribution in [0.2, 0.25) is 5.02 Å². The lowest BCUT2D eigenvalue weighted by atomic mass is 10.1. The molecule has 0 aliphatic rings. The standard InChI is InChI=1S/C12H12ClNO/c1-8-7-10-11(14-8)5-4-9(12(10)13)3-2-6-15/h4-7,14H,2-3H2,1H3. The van der Waals surface area contributed by atoms with Gasteiger partial charge in [-0.2, -0.15) is 0 Å². The van der Waals surface area contributed by atoms with Crippen LogP contribution in [-0.2, 0) is 11.2 Å². The smallest absolute Gasteiger partial charge is 0.120 e. The number of nitrogens with one attached hydrogen (secondary N) is 1. The Labute approximate surface area is 93.2 Å². The summed E-state index contributed by atoms with van der Waals surface area (Å²) < 4.78 is 0. The second-order valence-electron chi connectivity index (χ2n) is 3.66. The van der Waals surface area contributed by atoms with E-state index in [0.29, 0.717) is 12.8 Å². The molecule has 0 aliphatic carbocycles. The van der Waals surface area contributed by atoms with Crippen molar-refractivity contribution in [3.63, 3.8) is 0 Å². The summed E-state index contributed by atoms with van der Waals surface area (Å²) in [6.45, 7) is 2.00. The Hall–Kier alpha value is -1.28. The van der Waals surface area contributed by atoms with E-state index in [-0.39, 0.29) is 0 Å². The Morgan fingerprint density at radius 1 is 1.47 bits per heavy atom. The third-order valence-corrected chi connectivity index (χ3v) is 2.93. The molecule has 3 heteroatoms. The van der Waals surface area contributed by atoms with Crippen molar-refractivity contribution in [3.05, 3.63) is 34.5 Å². The summed E-state index contributed by atoms with van der Waals surface area (Å²) in [6, 6.07) is 6.01. The van der Waals surface area contributed by atoms with E-state index in [4.69, 9.17) is 11.6 Å². The summed E-state index contributed by atoms with van der Waals surface area (Å²) >= 11 is 6.25. The molecule has 0 atom stereocenters. The van der Waals surface area contributed by atoms with E-state index in [9.17, 15) is 4.79 Å². The fraction of sp³-hybridized carbons (Fsp3) is 0.250. The van der Waals surface area contributed by atoms with Crippen LogP contribution in [0.15, 0.2) is 18.2 Å². The van der Waals surface area contributed by atoms with E-state index < -0.39 is 0 Å². The van der Waals surface area contributed by atoms with Gasteiger partial charge in [0.15, 0.2) is 0 Å². The molecule has 0 saturated carbocycles. The number of H-pyrrole nitrogens is 1. The minimum Gasteiger partial charge on any atom is -0.359 e. The molecule has 2 rings (SSSR count). The maximum Gasteiger partial charge on any atom is 0.120 e. The number of aromatic nitrogens is 1. The molecule has 0 saturated heterocycles. The lowest BCUT2D eigenvalue weighted by Gasteiger charge is -2.02. The summed E-state index contributed by atoms with van der Waals surface area (Å²) in [4.78, 5) is 13.5. The first kappa shape index (κ1) is 10.2. The van der Waals surface area contributed by atoms with Crippen molar-refractivity contribution >= 4 is 28.8 Å². The predicted molar refractivity (Wildman–Crippen MR) is 62.4 cm³/mol. The van der Waals surface area contributed by atoms with Crippen molar-refractivity contribution in [1.29, 1.82) is 0 Å². The number of fused-ring (bicyclic) bond motifs is 1. The SMILES string of the molecule is Cc1cc2c(Cl)c(CCC=O)ccc2[nH]1. The van der Waals surface area contributed by atoms with Crippen LogP contribution >= 0.6 is 11.6 Å². The quantitative estimate of drug-likeness (QED) is 0.793. The molecule has 1 aromatic carbocycles. The third kappa shape index (κ3) is 1.90. The fourth-order valence-corrected chi connectivity index (χ4v) is 2.07. The van der Waals surface area contributed by atoms with Gasteiger partial charge in [-0.15, -0.1) is 0 Å². The predicted octanol–water partition coefficient (Wildman–Crippen LogP) is 3.26. The zero-order chi connectivity index (χ0) is 10.8. The monoisotopic (exact) mass is 221 g/mol. The minimum absolute atomic E-state index is 0.522. The van der Waals surface area contributed by atoms with E-state index in [0.717, 1.165) is 33.5 Å². The molecule has 2 nitrogen and oxygen atoms in total. The van der Waals surface area contributed by atoms with Crippen molar-refractivity contribution in [2.75, 3.05) is 0 Å². The molecular weight excluding hydrogens is 210 g/mol. The van der Waals surface area contributed by atoms with Crippen LogP contribution < -0.4 is 0 Å². The van der Waals surface area contributed by atoms with Gasteiger partial charge in [0.2, 0.25) is 0 Å². The van der Waals surface area contributed by atoms with Gasteiger partial charge in [0.1, 0.15) is 6.29 Å². The molecule has 0 radical (unpaired) electrons. The van der Waals surface area contributed by atoms with Crippen molar-refractivity contribution in [1.82, 2.24) is 4.98 Å². The minimum atomic E-state index is 0.522. The Morgan fingerprint density at radius 2 is 2.27 bits per heavy atom. The van der Waals surface area contributed by atoms with Crippen LogP contribution in [0.1, 0.15) is 17.7 Å². The van der Waals surface area contributed by atoms with Gasteiger partial charge in [-0.1, -0.05) is 17.7 Å². The highest BCUT2D eigenvalue weighted by Crippen LogP contribution is 2.28. The maximum absolute atomic E-state index is 10.3. The van der Waals surface area contributed by atoms with Gasteiger partial charge >= 0.3 is 0 Å². The Bertz CT molecular complexity index is 502. The van der Waals surface area contributed by atoms with Crippen LogP contribution in [0.25, 0.3) is 10.9 Å². The third-order valence-electron chi connectivity index (χ3n) is 2.48. The highest BCUT2D eigenvalue weighted by Gasteiger charge is 2.06. The fourth-order valence-electron chi connectivity index (χ4n) is 1.76. The van der Waals surface area contributed by atoms with Gasteiger partial charge in [0.05, 0.1) is 5.02 Å². The molecule has 2 aromatic rings. The van der Waals surface area contributed by atoms with Crippen LogP contribution in [0.5, 0.6) is 0 Å². The summed E-state index contributed by atoms with van der Waals surface area (Å²) in [7, 11) is 0. The highest BCUT2D eigenvalue weighted by atomic mass is 35.5. The zero-order valence-electron chi connectivity index (χ0n) is 8.51. The van der Waals surface area contributed by atoms with Crippen molar-refractivity contribution < 1.29 is 4.79 Å². The topological polar surface area (TPSA) is 32.9 Å². The van der Waals surface area contributed by atoms with E-state index in [2.05, 4.69) is 4.98 Å². The average molecular weight is 222 g/mol. The van der Waals surface area contributed by atoms with Gasteiger partial charge in [-0.25, -0.2) is 0 Å².